The highest BCUT2D eigenvalue weighted by Crippen LogP contribution is 2.34. The minimum Gasteiger partial charge on any atom is -0.339 e. The third kappa shape index (κ3) is 2.49. The first kappa shape index (κ1) is 15.0. The number of fused-ring (bicyclic) bond motifs is 1. The number of aromatic nitrogens is 2. The summed E-state index contributed by atoms with van der Waals surface area (Å²) in [5.74, 6) is 1.02. The van der Waals surface area contributed by atoms with Crippen LogP contribution in [-0.4, -0.2) is 9.38 Å². The summed E-state index contributed by atoms with van der Waals surface area (Å²) >= 11 is 1.69. The lowest BCUT2D eigenvalue weighted by Crippen LogP contribution is -2.00. The van der Waals surface area contributed by atoms with Gasteiger partial charge in [-0.3, -0.25) is 4.40 Å². The van der Waals surface area contributed by atoms with E-state index in [0.717, 1.165) is 28.4 Å². The molecule has 0 atom stereocenters. The number of nitrogens with zero attached hydrogens (tertiary/aromatic N) is 2. The molecule has 24 heavy (non-hydrogen) atoms. The van der Waals surface area contributed by atoms with Crippen LogP contribution < -0.4 is 5.32 Å². The fourth-order valence-corrected chi connectivity index (χ4v) is 3.64. The molecule has 0 saturated heterocycles. The van der Waals surface area contributed by atoms with Gasteiger partial charge in [-0.2, -0.15) is 11.3 Å². The summed E-state index contributed by atoms with van der Waals surface area (Å²) in [7, 11) is 0. The van der Waals surface area contributed by atoms with Gasteiger partial charge in [0.15, 0.2) is 0 Å². The van der Waals surface area contributed by atoms with Gasteiger partial charge in [-0.1, -0.05) is 24.3 Å². The lowest BCUT2D eigenvalue weighted by Gasteiger charge is -2.14. The largest absolute Gasteiger partial charge is 0.339 e. The van der Waals surface area contributed by atoms with Gasteiger partial charge < -0.3 is 5.32 Å². The number of imidazole rings is 1. The Hall–Kier alpha value is -2.59. The Kier molecular flexibility index (Phi) is 3.62. The summed E-state index contributed by atoms with van der Waals surface area (Å²) in [6, 6.07) is 12.6. The van der Waals surface area contributed by atoms with E-state index in [1.54, 1.807) is 11.3 Å². The van der Waals surface area contributed by atoms with E-state index in [1.807, 2.05) is 0 Å². The van der Waals surface area contributed by atoms with Crippen molar-refractivity contribution in [2.24, 2.45) is 0 Å². The molecule has 3 aromatic heterocycles. The van der Waals surface area contributed by atoms with E-state index in [4.69, 9.17) is 4.98 Å². The van der Waals surface area contributed by atoms with E-state index in [2.05, 4.69) is 83.8 Å². The maximum atomic E-state index is 4.86. The average Bonchev–Trinajstić information content (AvgIpc) is 3.18. The molecule has 0 bridgehead atoms. The third-order valence-electron chi connectivity index (χ3n) is 4.29. The van der Waals surface area contributed by atoms with Crippen LogP contribution in [0.5, 0.6) is 0 Å². The van der Waals surface area contributed by atoms with Crippen LogP contribution in [-0.2, 0) is 0 Å². The van der Waals surface area contributed by atoms with Crippen LogP contribution in [0.1, 0.15) is 16.7 Å². The Morgan fingerprint density at radius 2 is 1.79 bits per heavy atom. The minimum absolute atomic E-state index is 0.954. The lowest BCUT2D eigenvalue weighted by atomic mass is 10.1. The molecule has 1 N–H and O–H groups in total. The van der Waals surface area contributed by atoms with Gasteiger partial charge in [0.25, 0.3) is 0 Å². The summed E-state index contributed by atoms with van der Waals surface area (Å²) < 4.78 is 2.15. The number of benzene rings is 1. The van der Waals surface area contributed by atoms with Crippen molar-refractivity contribution in [2.45, 2.75) is 20.8 Å². The smallest absolute Gasteiger partial charge is 0.143 e. The van der Waals surface area contributed by atoms with Crippen molar-refractivity contribution < 1.29 is 0 Å². The summed E-state index contributed by atoms with van der Waals surface area (Å²) in [6.45, 7) is 6.37. The molecular weight excluding hydrogens is 314 g/mol. The fourth-order valence-electron chi connectivity index (χ4n) is 3.00. The number of rotatable bonds is 3. The van der Waals surface area contributed by atoms with Gasteiger partial charge >= 0.3 is 0 Å². The first-order chi connectivity index (χ1) is 11.6. The Balaban J connectivity index is 1.95. The molecule has 4 rings (SSSR count). The maximum absolute atomic E-state index is 4.86. The van der Waals surface area contributed by atoms with E-state index in [0.29, 0.717) is 0 Å². The van der Waals surface area contributed by atoms with E-state index in [1.165, 1.54) is 16.7 Å². The van der Waals surface area contributed by atoms with Crippen LogP contribution in [0.3, 0.4) is 0 Å². The van der Waals surface area contributed by atoms with Crippen LogP contribution in [0.15, 0.2) is 53.4 Å². The molecule has 4 heteroatoms. The summed E-state index contributed by atoms with van der Waals surface area (Å²) in [6.07, 6.45) is 2.13. The van der Waals surface area contributed by atoms with Gasteiger partial charge in [-0.15, -0.1) is 0 Å². The fraction of sp³-hybridized carbons (Fsp3) is 0.150. The molecule has 3 heterocycles. The quantitative estimate of drug-likeness (QED) is 0.518. The summed E-state index contributed by atoms with van der Waals surface area (Å²) in [5.41, 5.74) is 7.91. The van der Waals surface area contributed by atoms with Crippen LogP contribution in [0.2, 0.25) is 0 Å². The molecule has 0 unspecified atom stereocenters. The van der Waals surface area contributed by atoms with Gasteiger partial charge in [0.2, 0.25) is 0 Å². The van der Waals surface area contributed by atoms with Crippen molar-refractivity contribution in [1.82, 2.24) is 9.38 Å². The van der Waals surface area contributed by atoms with Gasteiger partial charge in [-0.25, -0.2) is 4.98 Å². The molecule has 0 saturated carbocycles. The maximum Gasteiger partial charge on any atom is 0.143 e. The first-order valence-corrected chi connectivity index (χ1v) is 8.92. The van der Waals surface area contributed by atoms with Gasteiger partial charge in [0.05, 0.1) is 0 Å². The van der Waals surface area contributed by atoms with Crippen LogP contribution in [0.25, 0.3) is 16.9 Å². The highest BCUT2D eigenvalue weighted by molar-refractivity contribution is 7.08. The molecule has 0 aliphatic rings. The topological polar surface area (TPSA) is 29.3 Å². The van der Waals surface area contributed by atoms with Gasteiger partial charge in [-0.05, 0) is 55.0 Å². The highest BCUT2D eigenvalue weighted by Gasteiger charge is 2.16. The molecular formula is C20H19N3S. The van der Waals surface area contributed by atoms with Crippen LogP contribution in [0.4, 0.5) is 11.5 Å². The second-order valence-electron chi connectivity index (χ2n) is 6.15. The number of anilines is 2. The van der Waals surface area contributed by atoms with Crippen LogP contribution in [0, 0.1) is 20.8 Å². The molecule has 0 amide bonds. The molecule has 120 valence electrons. The number of thiophene rings is 1. The van der Waals surface area contributed by atoms with Crippen molar-refractivity contribution in [1.29, 1.82) is 0 Å². The minimum atomic E-state index is 0.954. The third-order valence-corrected chi connectivity index (χ3v) is 4.97. The SMILES string of the molecule is Cc1ccc2nc(-c3ccsc3)c(Nc3c(C)cccc3C)n2c1. The lowest BCUT2D eigenvalue weighted by molar-refractivity contribution is 1.15. The van der Waals surface area contributed by atoms with Crippen molar-refractivity contribution in [3.05, 3.63) is 70.0 Å². The highest BCUT2D eigenvalue weighted by atomic mass is 32.1. The number of para-hydroxylation sites is 1. The second-order valence-corrected chi connectivity index (χ2v) is 6.93. The molecule has 0 radical (unpaired) electrons. The number of aryl methyl sites for hydroxylation is 3. The van der Waals surface area contributed by atoms with Crippen molar-refractivity contribution in [3.8, 4) is 11.3 Å². The van der Waals surface area contributed by atoms with E-state index >= 15 is 0 Å². The van der Waals surface area contributed by atoms with Crippen molar-refractivity contribution in [2.75, 3.05) is 5.32 Å². The predicted octanol–water partition coefficient (Wildman–Crippen LogP) is 5.73. The van der Waals surface area contributed by atoms with E-state index < -0.39 is 0 Å². The van der Waals surface area contributed by atoms with Crippen molar-refractivity contribution >= 4 is 28.5 Å². The number of pyridine rings is 1. The predicted molar refractivity (Wildman–Crippen MR) is 102 cm³/mol. The zero-order valence-electron chi connectivity index (χ0n) is 14.0. The number of hydrogen-bond donors (Lipinski definition) is 1. The molecule has 0 fully saturated rings. The molecule has 0 aliphatic carbocycles. The Labute approximate surface area is 145 Å². The second kappa shape index (κ2) is 5.80. The Morgan fingerprint density at radius 3 is 2.50 bits per heavy atom. The number of hydrogen-bond acceptors (Lipinski definition) is 3. The van der Waals surface area contributed by atoms with Crippen molar-refractivity contribution in [3.63, 3.8) is 0 Å². The molecule has 0 spiro atoms. The van der Waals surface area contributed by atoms with Gasteiger partial charge in [0, 0.05) is 22.8 Å². The first-order valence-electron chi connectivity index (χ1n) is 7.98. The molecule has 0 aliphatic heterocycles. The Morgan fingerprint density at radius 1 is 1.00 bits per heavy atom. The molecule has 3 nitrogen and oxygen atoms in total. The number of nitrogens with one attached hydrogen (secondary N) is 1. The standard InChI is InChI=1S/C20H19N3S/c1-13-7-8-17-21-19(16-9-10-24-12-16)20(23(17)11-13)22-18-14(2)5-4-6-15(18)3/h4-12,22H,1-3H3. The van der Waals surface area contributed by atoms with Gasteiger partial charge in [0.1, 0.15) is 17.2 Å². The van der Waals surface area contributed by atoms with E-state index in [9.17, 15) is 0 Å². The Bertz CT molecular complexity index is 993. The van der Waals surface area contributed by atoms with Crippen LogP contribution >= 0.6 is 11.3 Å². The van der Waals surface area contributed by atoms with E-state index in [-0.39, 0.29) is 0 Å². The normalized spacial score (nSPS) is 11.1. The molecule has 1 aromatic carbocycles. The zero-order chi connectivity index (χ0) is 16.7. The summed E-state index contributed by atoms with van der Waals surface area (Å²) in [5, 5.41) is 7.89. The molecule has 4 aromatic rings. The zero-order valence-corrected chi connectivity index (χ0v) is 14.8. The average molecular weight is 333 g/mol. The summed E-state index contributed by atoms with van der Waals surface area (Å²) in [4.78, 5) is 4.86. The monoisotopic (exact) mass is 333 g/mol.